The maximum atomic E-state index is 5.34. The molecule has 4 nitrogen and oxygen atoms in total. The van der Waals surface area contributed by atoms with E-state index < -0.39 is 0 Å². The zero-order valence-corrected chi connectivity index (χ0v) is 14.5. The topological polar surface area (TPSA) is 27.7 Å². The average molecular weight is 336 g/mol. The lowest BCUT2D eigenvalue weighted by Gasteiger charge is -2.26. The third-order valence-corrected chi connectivity index (χ3v) is 3.49. The summed E-state index contributed by atoms with van der Waals surface area (Å²) in [5.74, 6) is 0. The zero-order valence-electron chi connectivity index (χ0n) is 12.9. The molecule has 0 amide bonds. The van der Waals surface area contributed by atoms with Gasteiger partial charge in [0.25, 0.3) is 0 Å². The van der Waals surface area contributed by atoms with E-state index >= 15 is 0 Å². The molecule has 0 aliphatic carbocycles. The fourth-order valence-electron chi connectivity index (χ4n) is 2.21. The second-order valence-corrected chi connectivity index (χ2v) is 5.19. The minimum Gasteiger partial charge on any atom is -0.379 e. The van der Waals surface area contributed by atoms with E-state index in [4.69, 9.17) is 4.74 Å². The number of rotatable bonds is 6. The van der Waals surface area contributed by atoms with Gasteiger partial charge in [0.2, 0.25) is 0 Å². The van der Waals surface area contributed by atoms with Crippen molar-refractivity contribution in [2.75, 3.05) is 58.4 Å². The van der Waals surface area contributed by atoms with Crippen LogP contribution in [0.25, 0.3) is 0 Å². The molecule has 1 heterocycles. The summed E-state index contributed by atoms with van der Waals surface area (Å²) in [4.78, 5) is 4.57. The second kappa shape index (κ2) is 11.1. The van der Waals surface area contributed by atoms with Gasteiger partial charge in [-0.1, -0.05) is 12.1 Å². The molecule has 0 unspecified atom stereocenters. The van der Waals surface area contributed by atoms with Gasteiger partial charge in [-0.2, -0.15) is 0 Å². The quantitative estimate of drug-likeness (QED) is 0.805. The van der Waals surface area contributed by atoms with Gasteiger partial charge in [0.05, 0.1) is 13.2 Å². The number of hydrogen-bond acceptors (Lipinski definition) is 4. The van der Waals surface area contributed by atoms with E-state index in [0.29, 0.717) is 0 Å². The Morgan fingerprint density at radius 2 is 1.71 bits per heavy atom. The SMILES string of the molecule is CN(C)c1ccc(CNCCN2CCOCC2)cc1.Cl.Cl. The van der Waals surface area contributed by atoms with Crippen molar-refractivity contribution in [3.05, 3.63) is 29.8 Å². The molecule has 0 aromatic heterocycles. The molecule has 6 heteroatoms. The normalized spacial score (nSPS) is 15.0. The standard InChI is InChI=1S/C15H25N3O.2ClH/c1-17(2)15-5-3-14(4-6-15)13-16-7-8-18-9-11-19-12-10-18;;/h3-6,16H,7-13H2,1-2H3;2*1H. The van der Waals surface area contributed by atoms with Crippen molar-refractivity contribution in [2.24, 2.45) is 0 Å². The number of morpholine rings is 1. The summed E-state index contributed by atoms with van der Waals surface area (Å²) < 4.78 is 5.34. The molecule has 21 heavy (non-hydrogen) atoms. The molecule has 2 rings (SSSR count). The second-order valence-electron chi connectivity index (χ2n) is 5.19. The first kappa shape index (κ1) is 20.5. The summed E-state index contributed by atoms with van der Waals surface area (Å²) in [5, 5.41) is 3.50. The first-order valence-electron chi connectivity index (χ1n) is 7.03. The molecule has 0 spiro atoms. The van der Waals surface area contributed by atoms with Crippen LogP contribution in [0, 0.1) is 0 Å². The Kier molecular flexibility index (Phi) is 10.8. The van der Waals surface area contributed by atoms with Gasteiger partial charge in [0.15, 0.2) is 0 Å². The van der Waals surface area contributed by atoms with E-state index in [1.807, 2.05) is 0 Å². The lowest BCUT2D eigenvalue weighted by molar-refractivity contribution is 0.0384. The summed E-state index contributed by atoms with van der Waals surface area (Å²) in [5.41, 5.74) is 2.59. The van der Waals surface area contributed by atoms with Crippen LogP contribution in [0.4, 0.5) is 5.69 Å². The number of nitrogens with zero attached hydrogens (tertiary/aromatic N) is 2. The third-order valence-electron chi connectivity index (χ3n) is 3.49. The lowest BCUT2D eigenvalue weighted by atomic mass is 10.2. The molecule has 1 aromatic carbocycles. The monoisotopic (exact) mass is 335 g/mol. The van der Waals surface area contributed by atoms with Crippen LogP contribution in [0.15, 0.2) is 24.3 Å². The van der Waals surface area contributed by atoms with Crippen LogP contribution in [-0.4, -0.2) is 58.4 Å². The summed E-state index contributed by atoms with van der Waals surface area (Å²) in [6.45, 7) is 6.99. The Bertz CT molecular complexity index is 368. The molecular weight excluding hydrogens is 309 g/mol. The van der Waals surface area contributed by atoms with Crippen LogP contribution in [0.3, 0.4) is 0 Å². The van der Waals surface area contributed by atoms with Crippen molar-refractivity contribution >= 4 is 30.5 Å². The molecule has 1 aliphatic heterocycles. The van der Waals surface area contributed by atoms with Gasteiger partial charge in [-0.15, -0.1) is 24.8 Å². The molecule has 0 atom stereocenters. The van der Waals surface area contributed by atoms with E-state index in [0.717, 1.165) is 45.9 Å². The van der Waals surface area contributed by atoms with Crippen LogP contribution < -0.4 is 10.2 Å². The van der Waals surface area contributed by atoms with Gasteiger partial charge in [-0.3, -0.25) is 4.90 Å². The van der Waals surface area contributed by atoms with Gasteiger partial charge in [0.1, 0.15) is 0 Å². The Hall–Kier alpha value is -0.520. The highest BCUT2D eigenvalue weighted by molar-refractivity contribution is 5.85. The molecule has 1 aliphatic rings. The van der Waals surface area contributed by atoms with Crippen molar-refractivity contribution in [3.63, 3.8) is 0 Å². The van der Waals surface area contributed by atoms with Crippen LogP contribution in [0.1, 0.15) is 5.56 Å². The first-order chi connectivity index (χ1) is 9.25. The van der Waals surface area contributed by atoms with E-state index in [-0.39, 0.29) is 24.8 Å². The van der Waals surface area contributed by atoms with E-state index in [1.165, 1.54) is 11.3 Å². The van der Waals surface area contributed by atoms with Crippen molar-refractivity contribution < 1.29 is 4.74 Å². The molecule has 0 radical (unpaired) electrons. The fraction of sp³-hybridized carbons (Fsp3) is 0.600. The molecule has 1 fully saturated rings. The summed E-state index contributed by atoms with van der Waals surface area (Å²) >= 11 is 0. The van der Waals surface area contributed by atoms with Crippen LogP contribution in [0.2, 0.25) is 0 Å². The number of halogens is 2. The maximum Gasteiger partial charge on any atom is 0.0594 e. The Labute approximate surface area is 140 Å². The van der Waals surface area contributed by atoms with Crippen molar-refractivity contribution in [1.82, 2.24) is 10.2 Å². The molecular formula is C15H27Cl2N3O. The predicted molar refractivity (Wildman–Crippen MR) is 94.2 cm³/mol. The van der Waals surface area contributed by atoms with Crippen molar-refractivity contribution in [2.45, 2.75) is 6.54 Å². The predicted octanol–water partition coefficient (Wildman–Crippen LogP) is 2.02. The maximum absolute atomic E-state index is 5.34. The summed E-state index contributed by atoms with van der Waals surface area (Å²) in [6.07, 6.45) is 0. The molecule has 122 valence electrons. The number of benzene rings is 1. The zero-order chi connectivity index (χ0) is 13.5. The van der Waals surface area contributed by atoms with Gasteiger partial charge < -0.3 is 15.0 Å². The van der Waals surface area contributed by atoms with Crippen LogP contribution in [0.5, 0.6) is 0 Å². The van der Waals surface area contributed by atoms with Crippen LogP contribution >= 0.6 is 24.8 Å². The largest absolute Gasteiger partial charge is 0.379 e. The number of hydrogen-bond donors (Lipinski definition) is 1. The van der Waals surface area contributed by atoms with Crippen molar-refractivity contribution in [1.29, 1.82) is 0 Å². The highest BCUT2D eigenvalue weighted by Gasteiger charge is 2.08. The lowest BCUT2D eigenvalue weighted by Crippen LogP contribution is -2.40. The van der Waals surface area contributed by atoms with Gasteiger partial charge in [0, 0.05) is 52.5 Å². The van der Waals surface area contributed by atoms with Gasteiger partial charge in [-0.05, 0) is 17.7 Å². The Balaban J connectivity index is 0.00000200. The minimum atomic E-state index is 0. The molecule has 0 saturated carbocycles. The average Bonchev–Trinajstić information content (AvgIpc) is 2.45. The Morgan fingerprint density at radius 1 is 1.10 bits per heavy atom. The smallest absolute Gasteiger partial charge is 0.0594 e. The summed E-state index contributed by atoms with van der Waals surface area (Å²) in [6, 6.07) is 8.71. The molecule has 1 N–H and O–H groups in total. The highest BCUT2D eigenvalue weighted by atomic mass is 35.5. The number of nitrogens with one attached hydrogen (secondary N) is 1. The van der Waals surface area contributed by atoms with E-state index in [1.54, 1.807) is 0 Å². The third kappa shape index (κ3) is 7.34. The van der Waals surface area contributed by atoms with Gasteiger partial charge >= 0.3 is 0 Å². The number of anilines is 1. The van der Waals surface area contributed by atoms with E-state index in [9.17, 15) is 0 Å². The van der Waals surface area contributed by atoms with Crippen molar-refractivity contribution in [3.8, 4) is 0 Å². The van der Waals surface area contributed by atoms with Crippen LogP contribution in [-0.2, 0) is 11.3 Å². The highest BCUT2D eigenvalue weighted by Crippen LogP contribution is 2.11. The van der Waals surface area contributed by atoms with E-state index in [2.05, 4.69) is 53.5 Å². The first-order valence-corrected chi connectivity index (χ1v) is 7.03. The van der Waals surface area contributed by atoms with Gasteiger partial charge in [-0.25, -0.2) is 0 Å². The number of ether oxygens (including phenoxy) is 1. The summed E-state index contributed by atoms with van der Waals surface area (Å²) in [7, 11) is 4.13. The Morgan fingerprint density at radius 3 is 2.29 bits per heavy atom. The minimum absolute atomic E-state index is 0. The molecule has 1 aromatic rings. The fourth-order valence-corrected chi connectivity index (χ4v) is 2.21. The molecule has 1 saturated heterocycles. The molecule has 0 bridgehead atoms.